The molecule has 30 heavy (non-hydrogen) atoms. The maximum absolute atomic E-state index is 12.8. The Labute approximate surface area is 179 Å². The van der Waals surface area contributed by atoms with Gasteiger partial charge in [0, 0.05) is 21.8 Å². The fraction of sp³-hybridized carbons (Fsp3) is 0.125. The van der Waals surface area contributed by atoms with Crippen molar-refractivity contribution in [3.8, 4) is 0 Å². The van der Waals surface area contributed by atoms with Crippen molar-refractivity contribution in [2.75, 3.05) is 11.9 Å². The third-order valence-corrected chi connectivity index (χ3v) is 4.76. The topological polar surface area (TPSA) is 72.5 Å². The Hall–Kier alpha value is -3.44. The average molecular weight is 422 g/mol. The van der Waals surface area contributed by atoms with Crippen LogP contribution in [0, 0.1) is 0 Å². The Kier molecular flexibility index (Phi) is 6.99. The summed E-state index contributed by atoms with van der Waals surface area (Å²) in [6.07, 6.45) is 0.760. The Morgan fingerprint density at radius 2 is 1.50 bits per heavy atom. The van der Waals surface area contributed by atoms with Crippen LogP contribution >= 0.6 is 11.6 Å². The number of halogens is 1. The minimum Gasteiger partial charge on any atom is -0.452 e. The molecule has 0 aliphatic carbocycles. The number of ketones is 1. The highest BCUT2D eigenvalue weighted by molar-refractivity contribution is 6.30. The van der Waals surface area contributed by atoms with Crippen LogP contribution in [0.25, 0.3) is 0 Å². The summed E-state index contributed by atoms with van der Waals surface area (Å²) in [5, 5.41) is 3.25. The number of anilines is 1. The molecule has 0 aliphatic rings. The van der Waals surface area contributed by atoms with Gasteiger partial charge in [0.1, 0.15) is 0 Å². The van der Waals surface area contributed by atoms with E-state index < -0.39 is 18.5 Å². The molecule has 0 heterocycles. The lowest BCUT2D eigenvalue weighted by Crippen LogP contribution is -2.22. The number of hydrogen-bond donors (Lipinski definition) is 1. The Bertz CT molecular complexity index is 1080. The van der Waals surface area contributed by atoms with E-state index in [2.05, 4.69) is 5.32 Å². The summed E-state index contributed by atoms with van der Waals surface area (Å²) in [4.78, 5) is 37.6. The van der Waals surface area contributed by atoms with Gasteiger partial charge in [-0.2, -0.15) is 0 Å². The van der Waals surface area contributed by atoms with E-state index in [0.29, 0.717) is 16.3 Å². The Morgan fingerprint density at radius 3 is 2.20 bits per heavy atom. The van der Waals surface area contributed by atoms with Crippen LogP contribution in [0.2, 0.25) is 5.02 Å². The first-order valence-corrected chi connectivity index (χ1v) is 9.81. The number of hydrogen-bond acceptors (Lipinski definition) is 4. The lowest BCUT2D eigenvalue weighted by atomic mass is 9.98. The highest BCUT2D eigenvalue weighted by Gasteiger charge is 2.20. The van der Waals surface area contributed by atoms with Gasteiger partial charge in [-0.05, 0) is 48.4 Å². The first-order valence-electron chi connectivity index (χ1n) is 9.43. The Balaban J connectivity index is 1.69. The van der Waals surface area contributed by atoms with E-state index in [4.69, 9.17) is 16.3 Å². The zero-order valence-electron chi connectivity index (χ0n) is 16.4. The molecule has 0 fully saturated rings. The van der Waals surface area contributed by atoms with Gasteiger partial charge in [0.15, 0.2) is 12.4 Å². The second-order valence-corrected chi connectivity index (χ2v) is 6.95. The second kappa shape index (κ2) is 9.85. The molecule has 0 saturated heterocycles. The molecule has 1 N–H and O–H groups in total. The van der Waals surface area contributed by atoms with Crippen molar-refractivity contribution >= 4 is 34.9 Å². The normalized spacial score (nSPS) is 10.3. The van der Waals surface area contributed by atoms with Crippen LogP contribution in [-0.2, 0) is 16.0 Å². The first kappa shape index (κ1) is 21.3. The molecule has 3 aromatic rings. The number of ether oxygens (including phenoxy) is 1. The van der Waals surface area contributed by atoms with Crippen LogP contribution in [-0.4, -0.2) is 24.3 Å². The molecular weight excluding hydrogens is 402 g/mol. The smallest absolute Gasteiger partial charge is 0.339 e. The van der Waals surface area contributed by atoms with Gasteiger partial charge >= 0.3 is 5.97 Å². The first-order chi connectivity index (χ1) is 14.5. The molecule has 0 saturated carbocycles. The number of aryl methyl sites for hydroxylation is 1. The summed E-state index contributed by atoms with van der Waals surface area (Å²) >= 11 is 5.87. The van der Waals surface area contributed by atoms with Crippen molar-refractivity contribution < 1.29 is 19.1 Å². The molecule has 0 unspecified atom stereocenters. The molecule has 0 aliphatic heterocycles. The monoisotopic (exact) mass is 421 g/mol. The summed E-state index contributed by atoms with van der Waals surface area (Å²) in [5.41, 5.74) is 2.35. The molecule has 6 heteroatoms. The zero-order valence-corrected chi connectivity index (χ0v) is 17.1. The number of para-hydroxylation sites is 1. The van der Waals surface area contributed by atoms with E-state index >= 15 is 0 Å². The zero-order chi connectivity index (χ0) is 21.5. The van der Waals surface area contributed by atoms with Crippen LogP contribution in [0.3, 0.4) is 0 Å². The van der Waals surface area contributed by atoms with Gasteiger partial charge in [-0.1, -0.05) is 54.9 Å². The number of carbonyl (C=O) groups excluding carboxylic acids is 3. The van der Waals surface area contributed by atoms with Gasteiger partial charge in [0.05, 0.1) is 5.56 Å². The summed E-state index contributed by atoms with van der Waals surface area (Å²) in [7, 11) is 0. The molecule has 3 aromatic carbocycles. The predicted octanol–water partition coefficient (Wildman–Crippen LogP) is 4.93. The van der Waals surface area contributed by atoms with E-state index in [-0.39, 0.29) is 16.9 Å². The standard InChI is InChI=1S/C24H20ClNO4/c1-2-16-7-3-6-10-21(16)26-22(27)15-30-24(29)20-9-5-4-8-19(20)23(28)17-11-13-18(25)14-12-17/h3-14H,2,15H2,1H3,(H,26,27). The maximum atomic E-state index is 12.8. The summed E-state index contributed by atoms with van der Waals surface area (Å²) < 4.78 is 5.16. The molecule has 0 radical (unpaired) electrons. The number of amides is 1. The van der Waals surface area contributed by atoms with Crippen molar-refractivity contribution in [1.29, 1.82) is 0 Å². The predicted molar refractivity (Wildman–Crippen MR) is 116 cm³/mol. The second-order valence-electron chi connectivity index (χ2n) is 6.52. The fourth-order valence-electron chi connectivity index (χ4n) is 2.96. The molecule has 3 rings (SSSR count). The minimum absolute atomic E-state index is 0.0965. The van der Waals surface area contributed by atoms with Gasteiger partial charge in [-0.15, -0.1) is 0 Å². The summed E-state index contributed by atoms with van der Waals surface area (Å²) in [5.74, 6) is -1.53. The number of nitrogens with one attached hydrogen (secondary N) is 1. The van der Waals surface area contributed by atoms with Crippen LogP contribution in [0.15, 0.2) is 72.8 Å². The van der Waals surface area contributed by atoms with Crippen molar-refractivity contribution in [3.63, 3.8) is 0 Å². The van der Waals surface area contributed by atoms with Crippen LogP contribution in [0.5, 0.6) is 0 Å². The van der Waals surface area contributed by atoms with Crippen molar-refractivity contribution in [3.05, 3.63) is 100 Å². The SMILES string of the molecule is CCc1ccccc1NC(=O)COC(=O)c1ccccc1C(=O)c1ccc(Cl)cc1. The molecule has 0 spiro atoms. The van der Waals surface area contributed by atoms with E-state index in [9.17, 15) is 14.4 Å². The largest absolute Gasteiger partial charge is 0.452 e. The molecule has 5 nitrogen and oxygen atoms in total. The van der Waals surface area contributed by atoms with Crippen molar-refractivity contribution in [2.45, 2.75) is 13.3 Å². The quantitative estimate of drug-likeness (QED) is 0.433. The number of rotatable bonds is 7. The van der Waals surface area contributed by atoms with Gasteiger partial charge < -0.3 is 10.1 Å². The van der Waals surface area contributed by atoms with Crippen LogP contribution < -0.4 is 5.32 Å². The highest BCUT2D eigenvalue weighted by Crippen LogP contribution is 2.18. The van der Waals surface area contributed by atoms with Crippen molar-refractivity contribution in [1.82, 2.24) is 0 Å². The molecule has 0 bridgehead atoms. The lowest BCUT2D eigenvalue weighted by Gasteiger charge is -2.11. The number of benzene rings is 3. The molecule has 0 atom stereocenters. The van der Waals surface area contributed by atoms with Gasteiger partial charge in [0.2, 0.25) is 0 Å². The summed E-state index contributed by atoms with van der Waals surface area (Å²) in [6.45, 7) is 1.53. The minimum atomic E-state index is -0.744. The molecule has 0 aromatic heterocycles. The third-order valence-electron chi connectivity index (χ3n) is 4.50. The van der Waals surface area contributed by atoms with Gasteiger partial charge in [0.25, 0.3) is 5.91 Å². The van der Waals surface area contributed by atoms with E-state index in [1.165, 1.54) is 6.07 Å². The maximum Gasteiger partial charge on any atom is 0.339 e. The van der Waals surface area contributed by atoms with E-state index in [1.807, 2.05) is 25.1 Å². The van der Waals surface area contributed by atoms with Crippen molar-refractivity contribution in [2.24, 2.45) is 0 Å². The highest BCUT2D eigenvalue weighted by atomic mass is 35.5. The van der Waals surface area contributed by atoms with Gasteiger partial charge in [-0.25, -0.2) is 4.79 Å². The summed E-state index contributed by atoms with van der Waals surface area (Å²) in [6, 6.07) is 20.1. The van der Waals surface area contributed by atoms with E-state index in [0.717, 1.165) is 12.0 Å². The van der Waals surface area contributed by atoms with E-state index in [1.54, 1.807) is 48.5 Å². The fourth-order valence-corrected chi connectivity index (χ4v) is 3.09. The lowest BCUT2D eigenvalue weighted by molar-refractivity contribution is -0.119. The molecule has 1 amide bonds. The Morgan fingerprint density at radius 1 is 0.867 bits per heavy atom. The molecular formula is C24H20ClNO4. The number of carbonyl (C=O) groups is 3. The van der Waals surface area contributed by atoms with Crippen LogP contribution in [0.1, 0.15) is 38.8 Å². The van der Waals surface area contributed by atoms with Crippen LogP contribution in [0.4, 0.5) is 5.69 Å². The number of esters is 1. The average Bonchev–Trinajstić information content (AvgIpc) is 2.78. The van der Waals surface area contributed by atoms with Gasteiger partial charge in [-0.3, -0.25) is 9.59 Å². The molecule has 152 valence electrons. The third kappa shape index (κ3) is 5.13.